The first kappa shape index (κ1) is 32.1. The molecule has 0 saturated heterocycles. The maximum Gasteiger partial charge on any atom is 0.0541 e. The quantitative estimate of drug-likeness (QED) is 0.166. The van der Waals surface area contributed by atoms with Crippen LogP contribution in [-0.2, 0) is 13.0 Å². The summed E-state index contributed by atoms with van der Waals surface area (Å²) >= 11 is 0. The molecule has 9 aromatic carbocycles. The molecule has 0 saturated carbocycles. The van der Waals surface area contributed by atoms with Gasteiger partial charge in [0, 0.05) is 34.4 Å². The number of anilines is 2. The zero-order valence-electron chi connectivity index (χ0n) is 31.5. The van der Waals surface area contributed by atoms with E-state index in [9.17, 15) is 0 Å². The predicted octanol–water partition coefficient (Wildman–Crippen LogP) is 14.6. The van der Waals surface area contributed by atoms with Crippen LogP contribution in [0.5, 0.6) is 0 Å². The zero-order valence-corrected chi connectivity index (χ0v) is 31.5. The summed E-state index contributed by atoms with van der Waals surface area (Å²) in [6.07, 6.45) is 4.49. The van der Waals surface area contributed by atoms with Crippen molar-refractivity contribution in [2.24, 2.45) is 0 Å². The fourth-order valence-corrected chi connectivity index (χ4v) is 9.84. The van der Waals surface area contributed by atoms with Gasteiger partial charge in [0.05, 0.1) is 11.0 Å². The Morgan fingerprint density at radius 3 is 1.93 bits per heavy atom. The summed E-state index contributed by atoms with van der Waals surface area (Å²) in [7, 11) is 0. The molecule has 1 aromatic heterocycles. The van der Waals surface area contributed by atoms with Crippen molar-refractivity contribution in [3.63, 3.8) is 0 Å². The molecule has 0 amide bonds. The van der Waals surface area contributed by atoms with E-state index in [-0.39, 0.29) is 0 Å². The van der Waals surface area contributed by atoms with E-state index in [0.29, 0.717) is 0 Å². The van der Waals surface area contributed by atoms with Gasteiger partial charge in [-0.05, 0) is 133 Å². The van der Waals surface area contributed by atoms with Gasteiger partial charge >= 0.3 is 0 Å². The van der Waals surface area contributed by atoms with E-state index in [2.05, 4.69) is 204 Å². The SMILES string of the molecule is C1=C(c2cccc(N(Cc3ccc4c(c3)-c3cccc5cccc-4c35)c3cccc(-n4c5ccccc5c5ccccc54)c3)c2)CCc2c1ccc1ccccc21. The number of para-hydroxylation sites is 2. The van der Waals surface area contributed by atoms with Crippen LogP contribution in [0.3, 0.4) is 0 Å². The maximum atomic E-state index is 2.51. The number of aromatic nitrogens is 1. The number of nitrogens with zero attached hydrogens (tertiary/aromatic N) is 2. The van der Waals surface area contributed by atoms with Crippen LogP contribution in [0.1, 0.15) is 28.7 Å². The molecule has 2 heteroatoms. The summed E-state index contributed by atoms with van der Waals surface area (Å²) in [6, 6.07) is 69.8. The summed E-state index contributed by atoms with van der Waals surface area (Å²) < 4.78 is 2.42. The fourth-order valence-electron chi connectivity index (χ4n) is 9.84. The van der Waals surface area contributed by atoms with Gasteiger partial charge in [0.25, 0.3) is 0 Å². The summed E-state index contributed by atoms with van der Waals surface area (Å²) in [4.78, 5) is 2.51. The van der Waals surface area contributed by atoms with Gasteiger partial charge in [-0.15, -0.1) is 0 Å². The average molecular weight is 727 g/mol. The highest BCUT2D eigenvalue weighted by Crippen LogP contribution is 2.48. The lowest BCUT2D eigenvalue weighted by molar-refractivity contribution is 0.971. The summed E-state index contributed by atoms with van der Waals surface area (Å²) in [5.41, 5.74) is 18.0. The van der Waals surface area contributed by atoms with Gasteiger partial charge in [-0.2, -0.15) is 0 Å². The van der Waals surface area contributed by atoms with Crippen molar-refractivity contribution in [3.05, 3.63) is 210 Å². The highest BCUT2D eigenvalue weighted by molar-refractivity contribution is 6.15. The van der Waals surface area contributed by atoms with E-state index in [4.69, 9.17) is 0 Å². The van der Waals surface area contributed by atoms with Crippen molar-refractivity contribution < 1.29 is 0 Å². The minimum absolute atomic E-state index is 0.730. The molecule has 57 heavy (non-hydrogen) atoms. The molecular formula is C55H38N2. The Morgan fingerprint density at radius 2 is 1.12 bits per heavy atom. The van der Waals surface area contributed by atoms with E-state index < -0.39 is 0 Å². The van der Waals surface area contributed by atoms with Gasteiger partial charge in [-0.1, -0.05) is 146 Å². The van der Waals surface area contributed by atoms with Crippen LogP contribution in [0, 0.1) is 0 Å². The first-order valence-corrected chi connectivity index (χ1v) is 20.1. The standard InChI is InChI=1S/C55H38N2/c1-2-18-45-37(11-1)26-27-41-32-40(28-30-46(41)45)39-14-7-15-42(33-39)56(35-36-25-29-47-50-21-8-12-38-13-9-22-51(55(38)50)52(47)31-36)43-16-10-17-44(34-43)57-53-23-5-3-19-48(53)49-20-4-6-24-54(49)57/h1-27,29,31-34H,28,30,35H2. The predicted molar refractivity (Wildman–Crippen MR) is 242 cm³/mol. The van der Waals surface area contributed by atoms with Crippen LogP contribution < -0.4 is 4.90 Å². The third-order valence-corrected chi connectivity index (χ3v) is 12.5. The molecule has 2 aliphatic carbocycles. The summed E-state index contributed by atoms with van der Waals surface area (Å²) in [6.45, 7) is 0.730. The maximum absolute atomic E-state index is 2.51. The van der Waals surface area contributed by atoms with Crippen molar-refractivity contribution in [2.45, 2.75) is 19.4 Å². The van der Waals surface area contributed by atoms with Gasteiger partial charge < -0.3 is 9.47 Å². The zero-order chi connectivity index (χ0) is 37.5. The molecule has 1 heterocycles. The van der Waals surface area contributed by atoms with E-state index in [1.807, 2.05) is 0 Å². The summed E-state index contributed by atoms with van der Waals surface area (Å²) in [5.74, 6) is 0. The van der Waals surface area contributed by atoms with Crippen LogP contribution in [0.25, 0.3) is 82.9 Å². The Morgan fingerprint density at radius 1 is 0.456 bits per heavy atom. The first-order chi connectivity index (χ1) is 28.2. The molecule has 0 spiro atoms. The Bertz CT molecular complexity index is 3230. The first-order valence-electron chi connectivity index (χ1n) is 20.1. The lowest BCUT2D eigenvalue weighted by Crippen LogP contribution is -2.17. The number of rotatable bonds is 6. The van der Waals surface area contributed by atoms with Crippen molar-refractivity contribution in [1.29, 1.82) is 0 Å². The molecule has 0 bridgehead atoms. The number of fused-ring (bicyclic) bond motifs is 9. The van der Waals surface area contributed by atoms with E-state index in [0.717, 1.165) is 30.8 Å². The number of hydrogen-bond donors (Lipinski definition) is 0. The molecule has 0 aliphatic heterocycles. The van der Waals surface area contributed by atoms with Crippen molar-refractivity contribution in [1.82, 2.24) is 4.57 Å². The Hall–Kier alpha value is -7.16. The third-order valence-electron chi connectivity index (χ3n) is 12.5. The van der Waals surface area contributed by atoms with Crippen molar-refractivity contribution in [3.8, 4) is 27.9 Å². The molecule has 268 valence electrons. The number of aryl methyl sites for hydroxylation is 1. The van der Waals surface area contributed by atoms with E-state index >= 15 is 0 Å². The Labute approximate surface area is 332 Å². The lowest BCUT2D eigenvalue weighted by Gasteiger charge is -2.27. The number of benzene rings is 9. The minimum Gasteiger partial charge on any atom is -0.337 e. The smallest absolute Gasteiger partial charge is 0.0541 e. The van der Waals surface area contributed by atoms with Crippen LogP contribution in [0.15, 0.2) is 188 Å². The van der Waals surface area contributed by atoms with Crippen LogP contribution in [0.2, 0.25) is 0 Å². The van der Waals surface area contributed by atoms with Crippen molar-refractivity contribution >= 4 is 66.4 Å². The second-order valence-electron chi connectivity index (χ2n) is 15.6. The van der Waals surface area contributed by atoms with Crippen molar-refractivity contribution in [2.75, 3.05) is 4.90 Å². The molecule has 2 nitrogen and oxygen atoms in total. The van der Waals surface area contributed by atoms with Gasteiger partial charge in [0.2, 0.25) is 0 Å². The fraction of sp³-hybridized carbons (Fsp3) is 0.0545. The van der Waals surface area contributed by atoms with Gasteiger partial charge in [-0.3, -0.25) is 0 Å². The number of hydrogen-bond acceptors (Lipinski definition) is 1. The van der Waals surface area contributed by atoms with Crippen LogP contribution in [0.4, 0.5) is 11.4 Å². The second-order valence-corrected chi connectivity index (χ2v) is 15.6. The number of allylic oxidation sites excluding steroid dienone is 1. The molecule has 0 radical (unpaired) electrons. The minimum atomic E-state index is 0.730. The lowest BCUT2D eigenvalue weighted by atomic mass is 9.86. The normalized spacial score (nSPS) is 12.9. The molecule has 0 atom stereocenters. The van der Waals surface area contributed by atoms with Gasteiger partial charge in [0.1, 0.15) is 0 Å². The molecule has 12 rings (SSSR count). The molecule has 10 aromatic rings. The molecule has 0 fully saturated rings. The Kier molecular flexibility index (Phi) is 7.15. The summed E-state index contributed by atoms with van der Waals surface area (Å²) in [5, 5.41) is 7.91. The topological polar surface area (TPSA) is 8.17 Å². The second kappa shape index (κ2) is 12.7. The van der Waals surface area contributed by atoms with Gasteiger partial charge in [-0.25, -0.2) is 0 Å². The Balaban J connectivity index is 0.994. The molecule has 0 N–H and O–H groups in total. The molecule has 2 aliphatic rings. The molecule has 0 unspecified atom stereocenters. The highest BCUT2D eigenvalue weighted by Gasteiger charge is 2.23. The van der Waals surface area contributed by atoms with Gasteiger partial charge in [0.15, 0.2) is 0 Å². The van der Waals surface area contributed by atoms with E-state index in [1.54, 1.807) is 0 Å². The third kappa shape index (κ3) is 5.11. The van der Waals surface area contributed by atoms with Crippen LogP contribution >= 0.6 is 0 Å². The van der Waals surface area contributed by atoms with E-state index in [1.165, 1.54) is 99.1 Å². The average Bonchev–Trinajstić information content (AvgIpc) is 3.79. The largest absolute Gasteiger partial charge is 0.337 e. The monoisotopic (exact) mass is 726 g/mol. The molecular weight excluding hydrogens is 689 g/mol. The van der Waals surface area contributed by atoms with Crippen LogP contribution in [-0.4, -0.2) is 4.57 Å². The highest BCUT2D eigenvalue weighted by atomic mass is 15.1.